The fraction of sp³-hybridized carbons (Fsp3) is 0.333. The molecule has 0 aliphatic carbocycles. The van der Waals surface area contributed by atoms with Gasteiger partial charge < -0.3 is 5.11 Å². The maximum Gasteiger partial charge on any atom is 0.308 e. The van der Waals surface area contributed by atoms with Crippen molar-refractivity contribution in [3.8, 4) is 0 Å². The van der Waals surface area contributed by atoms with Crippen LogP contribution in [0.4, 0.5) is 5.95 Å². The first-order valence-electron chi connectivity index (χ1n) is 4.58. The standard InChI is InChI=1S/C9H8BrN3O3/c10-6-2-11-9(12-3-6)13-4-5(8(15)16)1-7(13)14/h2-3,5H,1,4H2,(H,15,16). The molecule has 1 aliphatic rings. The molecular weight excluding hydrogens is 278 g/mol. The lowest BCUT2D eigenvalue weighted by Gasteiger charge is -2.12. The summed E-state index contributed by atoms with van der Waals surface area (Å²) in [5.41, 5.74) is 0. The molecule has 0 spiro atoms. The van der Waals surface area contributed by atoms with Crippen LogP contribution in [0.15, 0.2) is 16.9 Å². The lowest BCUT2D eigenvalue weighted by Crippen LogP contribution is -2.27. The monoisotopic (exact) mass is 285 g/mol. The average molecular weight is 286 g/mol. The number of carbonyl (C=O) groups excluding carboxylic acids is 1. The van der Waals surface area contributed by atoms with E-state index in [1.165, 1.54) is 17.3 Å². The number of anilines is 1. The summed E-state index contributed by atoms with van der Waals surface area (Å²) in [7, 11) is 0. The number of hydrogen-bond acceptors (Lipinski definition) is 4. The molecular formula is C9H8BrN3O3. The molecule has 1 N–H and O–H groups in total. The van der Waals surface area contributed by atoms with Gasteiger partial charge in [0, 0.05) is 25.4 Å². The zero-order chi connectivity index (χ0) is 11.7. The summed E-state index contributed by atoms with van der Waals surface area (Å²) < 4.78 is 0.706. The first kappa shape index (κ1) is 11.0. The summed E-state index contributed by atoms with van der Waals surface area (Å²) in [6.45, 7) is 0.135. The second-order valence-corrected chi connectivity index (χ2v) is 4.36. The third-order valence-corrected chi connectivity index (χ3v) is 2.73. The van der Waals surface area contributed by atoms with Gasteiger partial charge in [-0.3, -0.25) is 14.5 Å². The summed E-state index contributed by atoms with van der Waals surface area (Å²) in [5.74, 6) is -1.64. The van der Waals surface area contributed by atoms with Crippen LogP contribution in [-0.4, -0.2) is 33.5 Å². The van der Waals surface area contributed by atoms with Crippen LogP contribution in [-0.2, 0) is 9.59 Å². The van der Waals surface area contributed by atoms with Crippen LogP contribution in [0, 0.1) is 5.92 Å². The van der Waals surface area contributed by atoms with Gasteiger partial charge in [0.1, 0.15) is 0 Å². The van der Waals surface area contributed by atoms with Crippen molar-refractivity contribution in [2.45, 2.75) is 6.42 Å². The molecule has 1 unspecified atom stereocenters. The van der Waals surface area contributed by atoms with Gasteiger partial charge in [0.05, 0.1) is 10.4 Å². The Hall–Kier alpha value is -1.50. The zero-order valence-electron chi connectivity index (χ0n) is 8.13. The number of hydrogen-bond donors (Lipinski definition) is 1. The maximum absolute atomic E-state index is 11.5. The zero-order valence-corrected chi connectivity index (χ0v) is 9.72. The van der Waals surface area contributed by atoms with E-state index in [-0.39, 0.29) is 24.8 Å². The number of rotatable bonds is 2. The number of nitrogens with zero attached hydrogens (tertiary/aromatic N) is 3. The number of carboxylic acid groups (broad SMARTS) is 1. The van der Waals surface area contributed by atoms with Gasteiger partial charge in [-0.15, -0.1) is 0 Å². The minimum Gasteiger partial charge on any atom is -0.481 e. The number of aromatic nitrogens is 2. The number of carboxylic acids is 1. The van der Waals surface area contributed by atoms with E-state index in [1.807, 2.05) is 0 Å². The SMILES string of the molecule is O=C(O)C1CC(=O)N(c2ncc(Br)cn2)C1. The first-order chi connectivity index (χ1) is 7.58. The highest BCUT2D eigenvalue weighted by Crippen LogP contribution is 2.22. The molecule has 7 heteroatoms. The summed E-state index contributed by atoms with van der Waals surface area (Å²) in [6, 6.07) is 0. The molecule has 1 saturated heterocycles. The fourth-order valence-electron chi connectivity index (χ4n) is 1.51. The average Bonchev–Trinajstić information content (AvgIpc) is 2.62. The van der Waals surface area contributed by atoms with Gasteiger partial charge in [0.15, 0.2) is 0 Å². The lowest BCUT2D eigenvalue weighted by molar-refractivity contribution is -0.141. The molecule has 1 fully saturated rings. The molecule has 0 aromatic carbocycles. The molecule has 6 nitrogen and oxygen atoms in total. The Balaban J connectivity index is 2.20. The second-order valence-electron chi connectivity index (χ2n) is 3.44. The van der Waals surface area contributed by atoms with Gasteiger partial charge in [-0.1, -0.05) is 0 Å². The third-order valence-electron chi connectivity index (χ3n) is 2.32. The molecule has 84 valence electrons. The Bertz CT molecular complexity index is 434. The topological polar surface area (TPSA) is 83.4 Å². The minimum atomic E-state index is -0.965. The molecule has 2 rings (SSSR count). The summed E-state index contributed by atoms with van der Waals surface area (Å²) >= 11 is 3.18. The predicted octanol–water partition coefficient (Wildman–Crippen LogP) is 0.677. The highest BCUT2D eigenvalue weighted by molar-refractivity contribution is 9.10. The number of amides is 1. The maximum atomic E-state index is 11.5. The van der Waals surface area contributed by atoms with Crippen molar-refractivity contribution in [1.82, 2.24) is 9.97 Å². The van der Waals surface area contributed by atoms with Crippen molar-refractivity contribution in [1.29, 1.82) is 0 Å². The van der Waals surface area contributed by atoms with Crippen molar-refractivity contribution >= 4 is 33.8 Å². The minimum absolute atomic E-state index is 0.00869. The quantitative estimate of drug-likeness (QED) is 0.864. The van der Waals surface area contributed by atoms with Crippen LogP contribution >= 0.6 is 15.9 Å². The smallest absolute Gasteiger partial charge is 0.308 e. The fourth-order valence-corrected chi connectivity index (χ4v) is 1.72. The van der Waals surface area contributed by atoms with E-state index in [2.05, 4.69) is 25.9 Å². The van der Waals surface area contributed by atoms with E-state index in [9.17, 15) is 9.59 Å². The Morgan fingerprint density at radius 3 is 2.62 bits per heavy atom. The van der Waals surface area contributed by atoms with Gasteiger partial charge in [0.25, 0.3) is 0 Å². The van der Waals surface area contributed by atoms with Crippen molar-refractivity contribution < 1.29 is 14.7 Å². The van der Waals surface area contributed by atoms with E-state index in [0.717, 1.165) is 0 Å². The van der Waals surface area contributed by atoms with Crippen molar-refractivity contribution in [2.75, 3.05) is 11.4 Å². The predicted molar refractivity (Wildman–Crippen MR) is 57.8 cm³/mol. The van der Waals surface area contributed by atoms with Crippen LogP contribution in [0.5, 0.6) is 0 Å². The lowest BCUT2D eigenvalue weighted by atomic mass is 10.1. The normalized spacial score (nSPS) is 20.2. The Morgan fingerprint density at radius 2 is 2.12 bits per heavy atom. The molecule has 1 aromatic rings. The van der Waals surface area contributed by atoms with Crippen LogP contribution in [0.1, 0.15) is 6.42 Å². The molecule has 0 radical (unpaired) electrons. The summed E-state index contributed by atoms with van der Waals surface area (Å²) in [6.07, 6.45) is 3.04. The Labute approximate surface area is 99.4 Å². The number of carbonyl (C=O) groups is 2. The Kier molecular flexibility index (Phi) is 2.86. The van der Waals surface area contributed by atoms with Crippen molar-refractivity contribution in [3.63, 3.8) is 0 Å². The molecule has 2 heterocycles. The van der Waals surface area contributed by atoms with E-state index < -0.39 is 11.9 Å². The summed E-state index contributed by atoms with van der Waals surface area (Å²) in [4.78, 5) is 31.5. The van der Waals surface area contributed by atoms with E-state index in [4.69, 9.17) is 5.11 Å². The number of aliphatic carboxylic acids is 1. The van der Waals surface area contributed by atoms with E-state index >= 15 is 0 Å². The molecule has 0 bridgehead atoms. The second kappa shape index (κ2) is 4.17. The van der Waals surface area contributed by atoms with Crippen LogP contribution in [0.3, 0.4) is 0 Å². The molecule has 1 atom stereocenters. The molecule has 0 saturated carbocycles. The van der Waals surface area contributed by atoms with Gasteiger partial charge in [-0.05, 0) is 15.9 Å². The largest absolute Gasteiger partial charge is 0.481 e. The highest BCUT2D eigenvalue weighted by Gasteiger charge is 2.36. The number of halogens is 1. The van der Waals surface area contributed by atoms with Gasteiger partial charge >= 0.3 is 5.97 Å². The van der Waals surface area contributed by atoms with E-state index in [0.29, 0.717) is 4.47 Å². The van der Waals surface area contributed by atoms with Crippen molar-refractivity contribution in [2.24, 2.45) is 5.92 Å². The molecule has 1 aromatic heterocycles. The van der Waals surface area contributed by atoms with Gasteiger partial charge in [-0.2, -0.15) is 0 Å². The van der Waals surface area contributed by atoms with Gasteiger partial charge in [0.2, 0.25) is 11.9 Å². The van der Waals surface area contributed by atoms with Crippen LogP contribution < -0.4 is 4.90 Å². The molecule has 1 aliphatic heterocycles. The third kappa shape index (κ3) is 2.04. The molecule has 16 heavy (non-hydrogen) atoms. The summed E-state index contributed by atoms with van der Waals surface area (Å²) in [5, 5.41) is 8.81. The van der Waals surface area contributed by atoms with Gasteiger partial charge in [-0.25, -0.2) is 9.97 Å². The van der Waals surface area contributed by atoms with Crippen LogP contribution in [0.25, 0.3) is 0 Å². The molecule has 1 amide bonds. The van der Waals surface area contributed by atoms with Crippen LogP contribution in [0.2, 0.25) is 0 Å². The van der Waals surface area contributed by atoms with E-state index in [1.54, 1.807) is 0 Å². The van der Waals surface area contributed by atoms with Crippen molar-refractivity contribution in [3.05, 3.63) is 16.9 Å². The first-order valence-corrected chi connectivity index (χ1v) is 5.38. The Morgan fingerprint density at radius 1 is 1.50 bits per heavy atom. The highest BCUT2D eigenvalue weighted by atomic mass is 79.9.